The van der Waals surface area contributed by atoms with Crippen LogP contribution in [0, 0.1) is 17.5 Å². The molecule has 0 fully saturated rings. The van der Waals surface area contributed by atoms with Crippen molar-refractivity contribution in [1.29, 1.82) is 0 Å². The van der Waals surface area contributed by atoms with Crippen LogP contribution >= 0.6 is 0 Å². The van der Waals surface area contributed by atoms with Gasteiger partial charge in [0, 0.05) is 23.2 Å². The van der Waals surface area contributed by atoms with Crippen molar-refractivity contribution < 1.29 is 41.9 Å². The van der Waals surface area contributed by atoms with Gasteiger partial charge in [-0.1, -0.05) is 12.1 Å². The van der Waals surface area contributed by atoms with Crippen molar-refractivity contribution in [2.24, 2.45) is 0 Å². The van der Waals surface area contributed by atoms with Gasteiger partial charge in [0.2, 0.25) is 0 Å². The maximum atomic E-state index is 14.1. The van der Waals surface area contributed by atoms with Gasteiger partial charge in [0.05, 0.1) is 11.0 Å². The summed E-state index contributed by atoms with van der Waals surface area (Å²) in [5.41, 5.74) is 0.321. The Hall–Kier alpha value is -2.23. The van der Waals surface area contributed by atoms with Crippen LogP contribution in [0.25, 0.3) is 22.2 Å². The second-order valence-corrected chi connectivity index (χ2v) is 5.61. The summed E-state index contributed by atoms with van der Waals surface area (Å²) in [5, 5.41) is 11.3. The second kappa shape index (κ2) is 6.94. The number of rotatable bonds is 3. The minimum absolute atomic E-state index is 0. The van der Waals surface area contributed by atoms with E-state index in [9.17, 15) is 23.1 Å². The van der Waals surface area contributed by atoms with E-state index in [1.54, 1.807) is 26.0 Å². The molecule has 0 bridgehead atoms. The Labute approximate surface area is 153 Å². The van der Waals surface area contributed by atoms with Gasteiger partial charge in [-0.2, -0.15) is 0 Å². The van der Waals surface area contributed by atoms with E-state index in [1.807, 2.05) is 0 Å². The molecule has 0 atom stereocenters. The molecule has 3 rings (SSSR count). The summed E-state index contributed by atoms with van der Waals surface area (Å²) in [6, 6.07) is 5.60. The zero-order valence-electron chi connectivity index (χ0n) is 13.8. The van der Waals surface area contributed by atoms with Crippen molar-refractivity contribution in [2.75, 3.05) is 0 Å². The fraction of sp³-hybridized carbons (Fsp3) is 0.176. The van der Waals surface area contributed by atoms with Crippen LogP contribution in [0.3, 0.4) is 0 Å². The Balaban J connectivity index is 0.00000225. The van der Waals surface area contributed by atoms with Crippen LogP contribution in [0.4, 0.5) is 13.2 Å². The normalized spacial score (nSPS) is 11.0. The molecule has 124 valence electrons. The van der Waals surface area contributed by atoms with E-state index in [0.717, 1.165) is 6.07 Å². The molecule has 3 aromatic rings. The van der Waals surface area contributed by atoms with Crippen LogP contribution in [0.1, 0.15) is 30.5 Å². The van der Waals surface area contributed by atoms with Crippen LogP contribution in [-0.2, 0) is 0 Å². The van der Waals surface area contributed by atoms with E-state index < -0.39 is 23.4 Å². The number of imidazole rings is 1. The molecule has 0 aliphatic carbocycles. The molecular formula is C17H12F3LiN2O2. The first-order valence-corrected chi connectivity index (χ1v) is 7.18. The first-order valence-electron chi connectivity index (χ1n) is 7.18. The predicted octanol–water partition coefficient (Wildman–Crippen LogP) is 0.0690. The number of para-hydroxylation sites is 1. The van der Waals surface area contributed by atoms with Gasteiger partial charge in [0.1, 0.15) is 11.8 Å². The molecule has 8 heteroatoms. The number of nitrogens with zero attached hydrogens (tertiary/aromatic N) is 2. The van der Waals surface area contributed by atoms with Gasteiger partial charge in [-0.25, -0.2) is 18.2 Å². The third-order valence-corrected chi connectivity index (χ3v) is 3.70. The number of halogens is 3. The molecule has 0 saturated carbocycles. The van der Waals surface area contributed by atoms with Gasteiger partial charge in [0.15, 0.2) is 17.5 Å². The summed E-state index contributed by atoms with van der Waals surface area (Å²) in [7, 11) is 0. The molecule has 0 N–H and O–H groups in total. The molecule has 0 radical (unpaired) electrons. The monoisotopic (exact) mass is 340 g/mol. The van der Waals surface area contributed by atoms with E-state index >= 15 is 0 Å². The first kappa shape index (κ1) is 19.1. The summed E-state index contributed by atoms with van der Waals surface area (Å²) in [5.74, 6) is -5.31. The molecule has 0 saturated heterocycles. The maximum Gasteiger partial charge on any atom is 1.00 e. The number of hydrogen-bond acceptors (Lipinski definition) is 3. The second-order valence-electron chi connectivity index (χ2n) is 5.61. The van der Waals surface area contributed by atoms with Gasteiger partial charge >= 0.3 is 18.9 Å². The number of carbonyl (C=O) groups is 1. The van der Waals surface area contributed by atoms with Gasteiger partial charge in [-0.15, -0.1) is 0 Å². The quantitative estimate of drug-likeness (QED) is 0.501. The summed E-state index contributed by atoms with van der Waals surface area (Å²) in [6.45, 7) is 3.51. The molecule has 25 heavy (non-hydrogen) atoms. The molecule has 0 spiro atoms. The SMILES string of the molecule is CC(C)n1c(C(=O)[O-])nc2c(-c3cc(F)cc(F)c3F)cccc21.[Li+]. The van der Waals surface area contributed by atoms with Crippen molar-refractivity contribution in [3.05, 3.63) is 53.6 Å². The average Bonchev–Trinajstić information content (AvgIpc) is 2.90. The zero-order chi connectivity index (χ0) is 17.6. The number of aromatic nitrogens is 2. The molecule has 1 aromatic heterocycles. The topological polar surface area (TPSA) is 58.0 Å². The third-order valence-electron chi connectivity index (χ3n) is 3.70. The third kappa shape index (κ3) is 3.17. The van der Waals surface area contributed by atoms with E-state index in [0.29, 0.717) is 11.6 Å². The predicted molar refractivity (Wildman–Crippen MR) is 79.8 cm³/mol. The Morgan fingerprint density at radius 3 is 2.44 bits per heavy atom. The van der Waals surface area contributed by atoms with Gasteiger partial charge in [-0.3, -0.25) is 0 Å². The fourth-order valence-corrected chi connectivity index (χ4v) is 2.75. The fourth-order valence-electron chi connectivity index (χ4n) is 2.75. The first-order chi connectivity index (χ1) is 11.3. The van der Waals surface area contributed by atoms with Crippen molar-refractivity contribution in [3.8, 4) is 11.1 Å². The molecule has 0 unspecified atom stereocenters. The smallest absolute Gasteiger partial charge is 0.542 e. The van der Waals surface area contributed by atoms with Crippen molar-refractivity contribution in [3.63, 3.8) is 0 Å². The number of carboxylic acid groups (broad SMARTS) is 1. The van der Waals surface area contributed by atoms with Crippen LogP contribution < -0.4 is 24.0 Å². The van der Waals surface area contributed by atoms with Crippen LogP contribution in [0.2, 0.25) is 0 Å². The minimum atomic E-state index is -1.49. The van der Waals surface area contributed by atoms with E-state index in [-0.39, 0.29) is 47.4 Å². The summed E-state index contributed by atoms with van der Waals surface area (Å²) in [4.78, 5) is 15.3. The van der Waals surface area contributed by atoms with E-state index in [4.69, 9.17) is 0 Å². The van der Waals surface area contributed by atoms with Crippen molar-refractivity contribution in [1.82, 2.24) is 9.55 Å². The Morgan fingerprint density at radius 1 is 1.16 bits per heavy atom. The molecule has 2 aromatic carbocycles. The summed E-state index contributed by atoms with van der Waals surface area (Å²) < 4.78 is 42.6. The van der Waals surface area contributed by atoms with Crippen LogP contribution in [-0.4, -0.2) is 15.5 Å². The largest absolute Gasteiger partial charge is 1.00 e. The Morgan fingerprint density at radius 2 is 1.84 bits per heavy atom. The number of benzene rings is 2. The van der Waals surface area contributed by atoms with E-state index in [2.05, 4.69) is 4.98 Å². The summed E-state index contributed by atoms with van der Waals surface area (Å²) >= 11 is 0. The number of fused-ring (bicyclic) bond motifs is 1. The molecular weight excluding hydrogens is 328 g/mol. The number of aromatic carboxylic acids is 1. The molecule has 0 aliphatic rings. The van der Waals surface area contributed by atoms with Gasteiger partial charge in [0.25, 0.3) is 0 Å². The van der Waals surface area contributed by atoms with Crippen molar-refractivity contribution in [2.45, 2.75) is 19.9 Å². The molecule has 0 aliphatic heterocycles. The standard InChI is InChI=1S/C17H13F3N2O2.Li/c1-8(2)22-13-5-3-4-10(15(13)21-16(22)17(23)24)11-6-9(18)7-12(19)14(11)20;/h3-8H,1-2H3,(H,23,24);/q;+1/p-1. The molecule has 0 amide bonds. The van der Waals surface area contributed by atoms with Crippen LogP contribution in [0.15, 0.2) is 30.3 Å². The minimum Gasteiger partial charge on any atom is -0.542 e. The van der Waals surface area contributed by atoms with Crippen LogP contribution in [0.5, 0.6) is 0 Å². The Bertz CT molecular complexity index is 970. The van der Waals surface area contributed by atoms with Gasteiger partial charge in [-0.05, 0) is 26.0 Å². The van der Waals surface area contributed by atoms with Crippen molar-refractivity contribution >= 4 is 17.0 Å². The van der Waals surface area contributed by atoms with E-state index in [1.165, 1.54) is 10.6 Å². The average molecular weight is 340 g/mol. The Kier molecular flexibility index (Phi) is 5.30. The molecule has 1 heterocycles. The zero-order valence-corrected chi connectivity index (χ0v) is 13.8. The molecule has 4 nitrogen and oxygen atoms in total. The maximum absolute atomic E-state index is 14.1. The van der Waals surface area contributed by atoms with Gasteiger partial charge < -0.3 is 14.5 Å². The number of carbonyl (C=O) groups excluding carboxylic acids is 1. The number of carboxylic acids is 1. The number of hydrogen-bond donors (Lipinski definition) is 0. The summed E-state index contributed by atoms with van der Waals surface area (Å²) in [6.07, 6.45) is 0.